The molecule has 0 heterocycles. The second kappa shape index (κ2) is 10.9. The van der Waals surface area contributed by atoms with Gasteiger partial charge in [-0.2, -0.15) is 0 Å². The summed E-state index contributed by atoms with van der Waals surface area (Å²) < 4.78 is 13.3. The van der Waals surface area contributed by atoms with Crippen molar-refractivity contribution >= 4 is 51.6 Å². The zero-order valence-corrected chi connectivity index (χ0v) is 25.0. The van der Waals surface area contributed by atoms with Gasteiger partial charge in [-0.3, -0.25) is 24.1 Å². The molecule has 12 nitrogen and oxygen atoms in total. The topological polar surface area (TPSA) is 194 Å². The molecule has 14 heteroatoms. The number of phenols is 1. The highest BCUT2D eigenvalue weighted by molar-refractivity contribution is 8.13. The second-order valence-electron chi connectivity index (χ2n) is 11.5. The number of primary amides is 1. The molecule has 3 aliphatic carbocycles. The summed E-state index contributed by atoms with van der Waals surface area (Å²) >= 11 is 0.739. The van der Waals surface area contributed by atoms with Crippen molar-refractivity contribution in [3.05, 3.63) is 64.2 Å². The molecule has 7 N–H and O–H groups in total. The van der Waals surface area contributed by atoms with Gasteiger partial charge in [-0.05, 0) is 80.5 Å². The molecule has 0 radical (unpaired) electrons. The van der Waals surface area contributed by atoms with Gasteiger partial charge < -0.3 is 36.4 Å². The lowest BCUT2D eigenvalue weighted by Gasteiger charge is -2.50. The Morgan fingerprint density at radius 1 is 1.09 bits per heavy atom. The number of ketones is 2. The van der Waals surface area contributed by atoms with Crippen molar-refractivity contribution in [3.63, 3.8) is 0 Å². The van der Waals surface area contributed by atoms with E-state index < -0.39 is 74.8 Å². The number of hydrogen-bond acceptors (Lipinski definition) is 11. The Bertz CT molecular complexity index is 1690. The Labute approximate surface area is 255 Å². The summed E-state index contributed by atoms with van der Waals surface area (Å²) in [5, 5.41) is 47.6. The smallest absolute Gasteiger partial charge is 0.288 e. The molecule has 0 saturated heterocycles. The average molecular weight is 627 g/mol. The first kappa shape index (κ1) is 31.0. The van der Waals surface area contributed by atoms with Crippen LogP contribution in [0, 0.1) is 17.7 Å². The molecular weight excluding hydrogens is 595 g/mol. The van der Waals surface area contributed by atoms with Crippen molar-refractivity contribution in [2.24, 2.45) is 17.6 Å². The highest BCUT2D eigenvalue weighted by Gasteiger charge is 2.64. The summed E-state index contributed by atoms with van der Waals surface area (Å²) in [6.45, 7) is 0. The van der Waals surface area contributed by atoms with Gasteiger partial charge in [0.2, 0.25) is 5.78 Å². The molecule has 4 atom stereocenters. The Morgan fingerprint density at radius 3 is 2.30 bits per heavy atom. The number of hydrogen-bond donors (Lipinski definition) is 6. The van der Waals surface area contributed by atoms with E-state index in [4.69, 9.17) is 5.73 Å². The SMILES string of the molecule is CN(C)c1cc(NC(=O)Sc2ccc(F)cc2)c(O)c2c1CC1CC3[C@H](N(C)C)C(=O)C(C(N)=O)=C(O)[C@@]3(O)C(=O)C1=C2O. The Morgan fingerprint density at radius 2 is 1.73 bits per heavy atom. The highest BCUT2D eigenvalue weighted by Crippen LogP contribution is 2.54. The van der Waals surface area contributed by atoms with Crippen molar-refractivity contribution in [1.82, 2.24) is 4.90 Å². The number of nitrogens with one attached hydrogen (secondary N) is 1. The lowest BCUT2D eigenvalue weighted by Crippen LogP contribution is -2.65. The average Bonchev–Trinajstić information content (AvgIpc) is 2.93. The van der Waals surface area contributed by atoms with E-state index in [1.165, 1.54) is 49.3 Å². The normalized spacial score (nSPS) is 24.6. The van der Waals surface area contributed by atoms with Crippen LogP contribution in [0.25, 0.3) is 5.76 Å². The van der Waals surface area contributed by atoms with Crippen LogP contribution in [-0.2, 0) is 20.8 Å². The molecule has 3 aliphatic rings. The van der Waals surface area contributed by atoms with Crippen LogP contribution in [0.15, 0.2) is 52.1 Å². The lowest BCUT2D eigenvalue weighted by atomic mass is 9.57. The molecule has 2 aromatic rings. The van der Waals surface area contributed by atoms with E-state index in [9.17, 15) is 44.0 Å². The van der Waals surface area contributed by atoms with Crippen LogP contribution in [0.3, 0.4) is 0 Å². The summed E-state index contributed by atoms with van der Waals surface area (Å²) in [4.78, 5) is 55.9. The van der Waals surface area contributed by atoms with Crippen LogP contribution in [-0.4, -0.2) is 87.9 Å². The molecule has 2 unspecified atom stereocenters. The van der Waals surface area contributed by atoms with Crippen LogP contribution in [0.5, 0.6) is 5.75 Å². The first-order chi connectivity index (χ1) is 20.6. The van der Waals surface area contributed by atoms with Gasteiger partial charge in [0, 0.05) is 36.2 Å². The van der Waals surface area contributed by atoms with Gasteiger partial charge in [-0.15, -0.1) is 0 Å². The number of carbonyl (C=O) groups is 4. The first-order valence-corrected chi connectivity index (χ1v) is 14.4. The zero-order valence-electron chi connectivity index (χ0n) is 24.2. The Balaban J connectivity index is 1.63. The summed E-state index contributed by atoms with van der Waals surface area (Å²) in [7, 11) is 6.48. The van der Waals surface area contributed by atoms with E-state index in [1.807, 2.05) is 0 Å². The fourth-order valence-corrected chi connectivity index (χ4v) is 7.18. The zero-order chi connectivity index (χ0) is 32.4. The van der Waals surface area contributed by atoms with Gasteiger partial charge in [0.25, 0.3) is 11.1 Å². The van der Waals surface area contributed by atoms with Gasteiger partial charge in [0.05, 0.1) is 17.3 Å². The van der Waals surface area contributed by atoms with Gasteiger partial charge in [0.15, 0.2) is 17.1 Å². The van der Waals surface area contributed by atoms with Crippen LogP contribution >= 0.6 is 11.8 Å². The summed E-state index contributed by atoms with van der Waals surface area (Å²) in [5.74, 6) is -8.10. The quantitative estimate of drug-likeness (QED) is 0.162. The summed E-state index contributed by atoms with van der Waals surface area (Å²) in [5.41, 5.74) is 2.10. The van der Waals surface area contributed by atoms with Crippen LogP contribution in [0.2, 0.25) is 0 Å². The van der Waals surface area contributed by atoms with E-state index in [0.29, 0.717) is 16.1 Å². The van der Waals surface area contributed by atoms with Crippen molar-refractivity contribution < 1.29 is 44.0 Å². The molecule has 1 saturated carbocycles. The van der Waals surface area contributed by atoms with Crippen molar-refractivity contribution in [3.8, 4) is 5.75 Å². The number of carbonyl (C=O) groups excluding carboxylic acids is 4. The third kappa shape index (κ3) is 4.69. The largest absolute Gasteiger partial charge is 0.508 e. The predicted molar refractivity (Wildman–Crippen MR) is 160 cm³/mol. The van der Waals surface area contributed by atoms with Crippen molar-refractivity contribution in [2.45, 2.75) is 29.4 Å². The number of thioether (sulfide) groups is 1. The minimum atomic E-state index is -2.76. The fraction of sp³-hybridized carbons (Fsp3) is 0.333. The van der Waals surface area contributed by atoms with Crippen LogP contribution in [0.1, 0.15) is 17.5 Å². The number of rotatable bonds is 5. The second-order valence-corrected chi connectivity index (χ2v) is 12.5. The molecule has 5 rings (SSSR count). The number of halogens is 1. The summed E-state index contributed by atoms with van der Waals surface area (Å²) in [6.07, 6.45) is 0.0420. The molecule has 232 valence electrons. The number of Topliss-reactive ketones (excluding diaryl/α,β-unsaturated/α-hetero) is 2. The number of benzene rings is 2. The molecule has 0 aliphatic heterocycles. The van der Waals surface area contributed by atoms with Crippen LogP contribution < -0.4 is 16.0 Å². The molecule has 0 spiro atoms. The number of fused-ring (bicyclic) bond motifs is 3. The predicted octanol–water partition coefficient (Wildman–Crippen LogP) is 2.49. The third-order valence-corrected chi connectivity index (χ3v) is 9.24. The van der Waals surface area contributed by atoms with Gasteiger partial charge in [-0.25, -0.2) is 4.39 Å². The number of likely N-dealkylation sites (N-methyl/N-ethyl adjacent to an activating group) is 1. The lowest BCUT2D eigenvalue weighted by molar-refractivity contribution is -0.153. The first-order valence-electron chi connectivity index (χ1n) is 13.5. The Kier molecular flexibility index (Phi) is 7.72. The molecular formula is C30H31FN4O8S. The van der Waals surface area contributed by atoms with Gasteiger partial charge in [0.1, 0.15) is 22.9 Å². The van der Waals surface area contributed by atoms with E-state index >= 15 is 0 Å². The highest BCUT2D eigenvalue weighted by atomic mass is 32.2. The van der Waals surface area contributed by atoms with Crippen molar-refractivity contribution in [1.29, 1.82) is 0 Å². The number of anilines is 2. The molecule has 1 fully saturated rings. The minimum Gasteiger partial charge on any atom is -0.508 e. The molecule has 0 bridgehead atoms. The molecule has 2 amide bonds. The van der Waals surface area contributed by atoms with E-state index in [0.717, 1.165) is 11.8 Å². The maximum absolute atomic E-state index is 14.1. The van der Waals surface area contributed by atoms with Gasteiger partial charge in [-0.1, -0.05) is 0 Å². The van der Waals surface area contributed by atoms with Crippen LogP contribution in [0.4, 0.5) is 20.6 Å². The van der Waals surface area contributed by atoms with Crippen molar-refractivity contribution in [2.75, 3.05) is 38.4 Å². The maximum Gasteiger partial charge on any atom is 0.288 e. The standard InChI is InChI=1S/C30H31FN4O8S/c1-34(2)18-11-17(33-29(42)44-14-7-5-13(31)6-8-14)23(36)20-15(18)9-12-10-16-22(35(3)4)25(38)21(28(32)41)27(40)30(16,43)26(39)19(12)24(20)37/h5-8,11-12,16,22,36-37,40,43H,9-10H2,1-4H3,(H2,32,41)(H,33,42)/t12?,16?,22-,30-/m0/s1. The third-order valence-electron chi connectivity index (χ3n) is 8.44. The van der Waals surface area contributed by atoms with E-state index in [1.54, 1.807) is 19.0 Å². The van der Waals surface area contributed by atoms with E-state index in [2.05, 4.69) is 5.32 Å². The minimum absolute atomic E-state index is 0.0494. The number of aliphatic hydroxyl groups excluding tert-OH is 2. The number of nitrogens with two attached hydrogens (primary N) is 1. The number of aliphatic hydroxyl groups is 3. The number of phenolic OH excluding ortho intramolecular Hbond substituents is 1. The molecule has 0 aromatic heterocycles. The molecule has 2 aromatic carbocycles. The number of nitrogens with zero attached hydrogens (tertiary/aromatic N) is 2. The maximum atomic E-state index is 14.1. The number of aromatic hydroxyl groups is 1. The number of amides is 2. The summed E-state index contributed by atoms with van der Waals surface area (Å²) in [6, 6.07) is 5.53. The van der Waals surface area contributed by atoms with Gasteiger partial charge >= 0.3 is 0 Å². The monoisotopic (exact) mass is 626 g/mol. The fourth-order valence-electron chi connectivity index (χ4n) is 6.53. The molecule has 44 heavy (non-hydrogen) atoms. The Hall–Kier alpha value is -4.40. The van der Waals surface area contributed by atoms with E-state index in [-0.39, 0.29) is 29.7 Å².